The normalized spacial score (nSPS) is 10.6. The predicted octanol–water partition coefficient (Wildman–Crippen LogP) is 2.86. The van der Waals surface area contributed by atoms with Crippen LogP contribution in [0.4, 0.5) is 0 Å². The van der Waals surface area contributed by atoms with Crippen molar-refractivity contribution in [2.24, 2.45) is 0 Å². The number of pyridine rings is 1. The van der Waals surface area contributed by atoms with Gasteiger partial charge in [-0.2, -0.15) is 0 Å². The van der Waals surface area contributed by atoms with E-state index in [-0.39, 0.29) is 5.63 Å². The molecule has 3 rings (SSSR count). The minimum absolute atomic E-state index is 0.333. The Morgan fingerprint density at radius 2 is 1.94 bits per heavy atom. The van der Waals surface area contributed by atoms with E-state index in [2.05, 4.69) is 4.98 Å². The smallest absolute Gasteiger partial charge is 0.336 e. The molecule has 0 bridgehead atoms. The Hall–Kier alpha value is -2.42. The van der Waals surface area contributed by atoms with E-state index in [0.717, 1.165) is 16.5 Å². The van der Waals surface area contributed by atoms with Crippen LogP contribution in [-0.4, -0.2) is 4.98 Å². The van der Waals surface area contributed by atoms with Gasteiger partial charge in [-0.25, -0.2) is 4.79 Å². The Balaban J connectivity index is 2.34. The summed E-state index contributed by atoms with van der Waals surface area (Å²) in [4.78, 5) is 15.2. The topological polar surface area (TPSA) is 43.1 Å². The van der Waals surface area contributed by atoms with E-state index < -0.39 is 0 Å². The highest BCUT2D eigenvalue weighted by Gasteiger charge is 2.04. The van der Waals surface area contributed by atoms with Crippen LogP contribution in [0.15, 0.2) is 64.1 Å². The summed E-state index contributed by atoms with van der Waals surface area (Å²) in [7, 11) is 0. The van der Waals surface area contributed by atoms with Crippen LogP contribution in [0.2, 0.25) is 0 Å². The van der Waals surface area contributed by atoms with Crippen molar-refractivity contribution < 1.29 is 4.42 Å². The maximum atomic E-state index is 11.2. The molecule has 0 radical (unpaired) electrons. The predicted molar refractivity (Wildman–Crippen MR) is 65.7 cm³/mol. The number of hydrogen-bond acceptors (Lipinski definition) is 3. The fraction of sp³-hybridized carbons (Fsp3) is 0. The molecule has 17 heavy (non-hydrogen) atoms. The van der Waals surface area contributed by atoms with Crippen molar-refractivity contribution in [3.05, 3.63) is 65.3 Å². The summed E-state index contributed by atoms with van der Waals surface area (Å²) in [5.41, 5.74) is 2.28. The molecule has 0 aliphatic carbocycles. The zero-order valence-corrected chi connectivity index (χ0v) is 8.96. The number of aromatic nitrogens is 1. The molecule has 1 aromatic carbocycles. The molecule has 0 amide bonds. The molecule has 3 aromatic rings. The summed E-state index contributed by atoms with van der Waals surface area (Å²) in [6.07, 6.45) is 3.52. The van der Waals surface area contributed by atoms with Gasteiger partial charge in [-0.3, -0.25) is 4.98 Å². The highest BCUT2D eigenvalue weighted by Crippen LogP contribution is 2.26. The van der Waals surface area contributed by atoms with Gasteiger partial charge < -0.3 is 4.42 Å². The van der Waals surface area contributed by atoms with Crippen molar-refractivity contribution in [1.29, 1.82) is 0 Å². The van der Waals surface area contributed by atoms with Crippen LogP contribution >= 0.6 is 0 Å². The number of rotatable bonds is 1. The Morgan fingerprint density at radius 3 is 2.76 bits per heavy atom. The van der Waals surface area contributed by atoms with Crippen LogP contribution in [0.3, 0.4) is 0 Å². The first-order valence-electron chi connectivity index (χ1n) is 5.28. The molecule has 3 nitrogen and oxygen atoms in total. The van der Waals surface area contributed by atoms with E-state index in [9.17, 15) is 4.79 Å². The molecular weight excluding hydrogens is 214 g/mol. The van der Waals surface area contributed by atoms with Crippen LogP contribution in [0.5, 0.6) is 0 Å². The maximum Gasteiger partial charge on any atom is 0.336 e. The minimum Gasteiger partial charge on any atom is -0.423 e. The SMILES string of the molecule is O=c1ccc2c(-c3cccnc3)cccc2o1. The van der Waals surface area contributed by atoms with E-state index in [1.54, 1.807) is 24.5 Å². The molecule has 2 aromatic heterocycles. The summed E-state index contributed by atoms with van der Waals surface area (Å²) in [6.45, 7) is 0. The van der Waals surface area contributed by atoms with Crippen molar-refractivity contribution in [1.82, 2.24) is 4.98 Å². The molecule has 0 saturated carbocycles. The van der Waals surface area contributed by atoms with Gasteiger partial charge in [0.25, 0.3) is 0 Å². The van der Waals surface area contributed by atoms with Gasteiger partial charge >= 0.3 is 5.63 Å². The zero-order chi connectivity index (χ0) is 11.7. The average molecular weight is 223 g/mol. The van der Waals surface area contributed by atoms with Gasteiger partial charge in [-0.1, -0.05) is 18.2 Å². The lowest BCUT2D eigenvalue weighted by molar-refractivity contribution is 0.561. The van der Waals surface area contributed by atoms with Crippen LogP contribution < -0.4 is 5.63 Å². The fourth-order valence-electron chi connectivity index (χ4n) is 1.87. The average Bonchev–Trinajstić information content (AvgIpc) is 2.39. The van der Waals surface area contributed by atoms with E-state index in [1.165, 1.54) is 6.07 Å². The molecule has 82 valence electrons. The Labute approximate surface area is 97.4 Å². The number of hydrogen-bond donors (Lipinski definition) is 0. The van der Waals surface area contributed by atoms with E-state index in [1.807, 2.05) is 24.3 Å². The highest BCUT2D eigenvalue weighted by atomic mass is 16.4. The molecule has 0 atom stereocenters. The quantitative estimate of drug-likeness (QED) is 0.596. The number of fused-ring (bicyclic) bond motifs is 1. The lowest BCUT2D eigenvalue weighted by Crippen LogP contribution is -1.94. The second kappa shape index (κ2) is 3.87. The number of nitrogens with zero attached hydrogens (tertiary/aromatic N) is 1. The Morgan fingerprint density at radius 1 is 1.00 bits per heavy atom. The maximum absolute atomic E-state index is 11.2. The van der Waals surface area contributed by atoms with E-state index in [4.69, 9.17) is 4.42 Å². The van der Waals surface area contributed by atoms with Crippen LogP contribution in [0.25, 0.3) is 22.1 Å². The van der Waals surface area contributed by atoms with Gasteiger partial charge in [-0.05, 0) is 23.8 Å². The third-order valence-corrected chi connectivity index (χ3v) is 2.64. The fourth-order valence-corrected chi connectivity index (χ4v) is 1.87. The second-order valence-electron chi connectivity index (χ2n) is 3.71. The molecule has 0 saturated heterocycles. The van der Waals surface area contributed by atoms with E-state index >= 15 is 0 Å². The van der Waals surface area contributed by atoms with Gasteiger partial charge in [0.15, 0.2) is 0 Å². The van der Waals surface area contributed by atoms with Gasteiger partial charge in [0, 0.05) is 29.4 Å². The summed E-state index contributed by atoms with van der Waals surface area (Å²) in [5, 5.41) is 0.917. The van der Waals surface area contributed by atoms with Gasteiger partial charge in [0.2, 0.25) is 0 Å². The van der Waals surface area contributed by atoms with Crippen molar-refractivity contribution >= 4 is 11.0 Å². The first kappa shape index (κ1) is 9.78. The van der Waals surface area contributed by atoms with Crippen LogP contribution in [-0.2, 0) is 0 Å². The van der Waals surface area contributed by atoms with Crippen molar-refractivity contribution in [2.75, 3.05) is 0 Å². The molecule has 3 heteroatoms. The first-order valence-corrected chi connectivity index (χ1v) is 5.28. The zero-order valence-electron chi connectivity index (χ0n) is 8.96. The lowest BCUT2D eigenvalue weighted by Gasteiger charge is -2.04. The van der Waals surface area contributed by atoms with Gasteiger partial charge in [0.05, 0.1) is 0 Å². The molecule has 2 heterocycles. The molecule has 0 aliphatic heterocycles. The summed E-state index contributed by atoms with van der Waals surface area (Å²) < 4.78 is 5.15. The van der Waals surface area contributed by atoms with Crippen molar-refractivity contribution in [3.8, 4) is 11.1 Å². The monoisotopic (exact) mass is 223 g/mol. The van der Waals surface area contributed by atoms with Gasteiger partial charge in [0.1, 0.15) is 5.58 Å². The summed E-state index contributed by atoms with van der Waals surface area (Å²) >= 11 is 0. The van der Waals surface area contributed by atoms with Crippen LogP contribution in [0.1, 0.15) is 0 Å². The molecule has 0 fully saturated rings. The minimum atomic E-state index is -0.333. The van der Waals surface area contributed by atoms with Gasteiger partial charge in [-0.15, -0.1) is 0 Å². The molecule has 0 spiro atoms. The molecule has 0 unspecified atom stereocenters. The summed E-state index contributed by atoms with van der Waals surface area (Å²) in [5.74, 6) is 0. The standard InChI is InChI=1S/C14H9NO2/c16-14-7-6-12-11(4-1-5-13(12)17-14)10-3-2-8-15-9-10/h1-9H. The lowest BCUT2D eigenvalue weighted by atomic mass is 10.0. The highest BCUT2D eigenvalue weighted by molar-refractivity contribution is 5.93. The van der Waals surface area contributed by atoms with E-state index in [0.29, 0.717) is 5.58 Å². The second-order valence-corrected chi connectivity index (χ2v) is 3.71. The Bertz CT molecular complexity index is 717. The molecule has 0 N–H and O–H groups in total. The Kier molecular flexibility index (Phi) is 2.22. The molecule has 0 aliphatic rings. The number of benzene rings is 1. The third-order valence-electron chi connectivity index (χ3n) is 2.64. The van der Waals surface area contributed by atoms with Crippen molar-refractivity contribution in [2.45, 2.75) is 0 Å². The molecular formula is C14H9NO2. The van der Waals surface area contributed by atoms with Crippen LogP contribution in [0, 0.1) is 0 Å². The van der Waals surface area contributed by atoms with Crippen molar-refractivity contribution in [3.63, 3.8) is 0 Å². The third kappa shape index (κ3) is 1.72. The summed E-state index contributed by atoms with van der Waals surface area (Å²) in [6, 6.07) is 12.7. The first-order chi connectivity index (χ1) is 8.34. The largest absolute Gasteiger partial charge is 0.423 e.